The molecule has 1 heterocycles. The molecule has 0 N–H and O–H groups in total. The van der Waals surface area contributed by atoms with Crippen LogP contribution >= 0.6 is 0 Å². The van der Waals surface area contributed by atoms with Gasteiger partial charge in [0.1, 0.15) is 6.42 Å². The summed E-state index contributed by atoms with van der Waals surface area (Å²) in [4.78, 5) is 37.8. The highest BCUT2D eigenvalue weighted by molar-refractivity contribution is 6.14. The van der Waals surface area contributed by atoms with E-state index in [2.05, 4.69) is 6.92 Å². The number of carbonyl (C=O) groups is 3. The molecule has 0 aromatic rings. The summed E-state index contributed by atoms with van der Waals surface area (Å²) in [5.74, 6) is -0.709. The van der Waals surface area contributed by atoms with Gasteiger partial charge in [-0.1, -0.05) is 33.1 Å². The summed E-state index contributed by atoms with van der Waals surface area (Å²) < 4.78 is 0. The summed E-state index contributed by atoms with van der Waals surface area (Å²) in [6.07, 6.45) is 4.37. The topological polar surface area (TPSA) is 57.7 Å². The number of hydrogen-bond acceptors (Lipinski definition) is 3. The zero-order valence-corrected chi connectivity index (χ0v) is 11.3. The Kier molecular flexibility index (Phi) is 5.82. The van der Waals surface area contributed by atoms with Crippen LogP contribution in [0.25, 0.3) is 0 Å². The first kappa shape index (κ1) is 14.7. The van der Waals surface area contributed by atoms with Crippen LogP contribution in [0.3, 0.4) is 0 Å². The summed E-state index contributed by atoms with van der Waals surface area (Å²) in [7, 11) is 0. The number of imide groups is 2. The lowest BCUT2D eigenvalue weighted by molar-refractivity contribution is -0.142. The molecular formula is C13H22N2O3. The van der Waals surface area contributed by atoms with E-state index in [4.69, 9.17) is 0 Å². The Labute approximate surface area is 108 Å². The average molecular weight is 254 g/mol. The molecule has 0 aromatic heterocycles. The van der Waals surface area contributed by atoms with Gasteiger partial charge in [0.2, 0.25) is 11.8 Å². The largest absolute Gasteiger partial charge is 0.333 e. The first-order valence-corrected chi connectivity index (χ1v) is 6.76. The third kappa shape index (κ3) is 3.55. The highest BCUT2D eigenvalue weighted by Crippen LogP contribution is 2.14. The van der Waals surface area contributed by atoms with Crippen LogP contribution in [0.1, 0.15) is 52.4 Å². The van der Waals surface area contributed by atoms with Gasteiger partial charge in [-0.05, 0) is 12.8 Å². The van der Waals surface area contributed by atoms with E-state index in [9.17, 15) is 14.4 Å². The first-order chi connectivity index (χ1) is 8.61. The lowest BCUT2D eigenvalue weighted by Gasteiger charge is -2.32. The third-order valence-electron chi connectivity index (χ3n) is 3.09. The van der Waals surface area contributed by atoms with E-state index in [1.54, 1.807) is 0 Å². The summed E-state index contributed by atoms with van der Waals surface area (Å²) in [5.41, 5.74) is 0. The second kappa shape index (κ2) is 7.13. The van der Waals surface area contributed by atoms with Crippen LogP contribution in [0.4, 0.5) is 4.79 Å². The van der Waals surface area contributed by atoms with Gasteiger partial charge >= 0.3 is 6.03 Å². The molecule has 5 nitrogen and oxygen atoms in total. The van der Waals surface area contributed by atoms with Gasteiger partial charge in [-0.15, -0.1) is 0 Å². The minimum Gasteiger partial charge on any atom is -0.274 e. The van der Waals surface area contributed by atoms with E-state index in [0.29, 0.717) is 13.1 Å². The van der Waals surface area contributed by atoms with Crippen LogP contribution < -0.4 is 0 Å². The van der Waals surface area contributed by atoms with Gasteiger partial charge in [-0.2, -0.15) is 0 Å². The maximum atomic E-state index is 12.1. The van der Waals surface area contributed by atoms with Gasteiger partial charge < -0.3 is 0 Å². The fourth-order valence-electron chi connectivity index (χ4n) is 1.96. The number of carbonyl (C=O) groups excluding carboxylic acids is 3. The summed E-state index contributed by atoms with van der Waals surface area (Å²) in [6, 6.07) is -0.430. The van der Waals surface area contributed by atoms with Crippen molar-refractivity contribution in [1.82, 2.24) is 9.80 Å². The molecule has 18 heavy (non-hydrogen) atoms. The highest BCUT2D eigenvalue weighted by Gasteiger charge is 2.36. The van der Waals surface area contributed by atoms with Crippen LogP contribution in [0.15, 0.2) is 0 Å². The van der Waals surface area contributed by atoms with Crippen molar-refractivity contribution < 1.29 is 14.4 Å². The van der Waals surface area contributed by atoms with E-state index in [1.807, 2.05) is 6.92 Å². The van der Waals surface area contributed by atoms with Crippen LogP contribution in [0, 0.1) is 0 Å². The van der Waals surface area contributed by atoms with Crippen molar-refractivity contribution in [3.63, 3.8) is 0 Å². The van der Waals surface area contributed by atoms with Crippen molar-refractivity contribution in [3.05, 3.63) is 0 Å². The minimum atomic E-state index is -0.430. The molecule has 1 aliphatic heterocycles. The van der Waals surface area contributed by atoms with Crippen molar-refractivity contribution in [3.8, 4) is 0 Å². The zero-order valence-electron chi connectivity index (χ0n) is 11.3. The van der Waals surface area contributed by atoms with E-state index < -0.39 is 6.03 Å². The molecule has 0 aliphatic carbocycles. The second-order valence-electron chi connectivity index (χ2n) is 4.61. The van der Waals surface area contributed by atoms with E-state index in [0.717, 1.165) is 32.1 Å². The van der Waals surface area contributed by atoms with Crippen LogP contribution in [-0.2, 0) is 9.59 Å². The van der Waals surface area contributed by atoms with E-state index in [1.165, 1.54) is 9.80 Å². The van der Waals surface area contributed by atoms with E-state index in [-0.39, 0.29) is 18.2 Å². The quantitative estimate of drug-likeness (QED) is 0.516. The van der Waals surface area contributed by atoms with Crippen LogP contribution in [0.2, 0.25) is 0 Å². The van der Waals surface area contributed by atoms with Gasteiger partial charge in [0, 0.05) is 13.1 Å². The SMILES string of the molecule is CCCCCN1C(=O)CC(=O)N(CCCC)C1=O. The van der Waals surface area contributed by atoms with Gasteiger partial charge in [0.25, 0.3) is 0 Å². The van der Waals surface area contributed by atoms with Crippen LogP contribution in [0.5, 0.6) is 0 Å². The molecule has 4 amide bonds. The van der Waals surface area contributed by atoms with Crippen molar-refractivity contribution in [1.29, 1.82) is 0 Å². The maximum absolute atomic E-state index is 12.1. The molecule has 102 valence electrons. The number of urea groups is 1. The average Bonchev–Trinajstić information content (AvgIpc) is 2.33. The lowest BCUT2D eigenvalue weighted by atomic mass is 10.2. The second-order valence-corrected chi connectivity index (χ2v) is 4.61. The number of amides is 4. The molecule has 0 bridgehead atoms. The Morgan fingerprint density at radius 2 is 1.33 bits per heavy atom. The standard InChI is InChI=1S/C13H22N2O3/c1-3-5-7-9-15-12(17)10-11(16)14(13(15)18)8-6-4-2/h3-10H2,1-2H3. The molecule has 0 atom stereocenters. The number of unbranched alkanes of at least 4 members (excludes halogenated alkanes) is 3. The van der Waals surface area contributed by atoms with E-state index >= 15 is 0 Å². The lowest BCUT2D eigenvalue weighted by Crippen LogP contribution is -2.55. The van der Waals surface area contributed by atoms with Crippen molar-refractivity contribution in [2.75, 3.05) is 13.1 Å². The third-order valence-corrected chi connectivity index (χ3v) is 3.09. The summed E-state index contributed by atoms with van der Waals surface area (Å²) in [6.45, 7) is 4.92. The Bertz CT molecular complexity index is 328. The van der Waals surface area contributed by atoms with Gasteiger partial charge in [0.15, 0.2) is 0 Å². The molecule has 0 unspecified atom stereocenters. The Balaban J connectivity index is 2.63. The Hall–Kier alpha value is -1.39. The predicted molar refractivity (Wildman–Crippen MR) is 67.9 cm³/mol. The molecule has 5 heteroatoms. The first-order valence-electron chi connectivity index (χ1n) is 6.76. The Morgan fingerprint density at radius 3 is 1.83 bits per heavy atom. The molecule has 0 aromatic carbocycles. The van der Waals surface area contributed by atoms with Gasteiger partial charge in [0.05, 0.1) is 0 Å². The number of hydrogen-bond donors (Lipinski definition) is 0. The number of rotatable bonds is 7. The predicted octanol–water partition coefficient (Wildman–Crippen LogP) is 2.16. The zero-order chi connectivity index (χ0) is 13.5. The highest BCUT2D eigenvalue weighted by atomic mass is 16.2. The van der Waals surface area contributed by atoms with Crippen molar-refractivity contribution in [2.45, 2.75) is 52.4 Å². The molecular weight excluding hydrogens is 232 g/mol. The summed E-state index contributed by atoms with van der Waals surface area (Å²) >= 11 is 0. The fraction of sp³-hybridized carbons (Fsp3) is 0.769. The summed E-state index contributed by atoms with van der Waals surface area (Å²) in [5, 5.41) is 0. The smallest absolute Gasteiger partial charge is 0.274 e. The van der Waals surface area contributed by atoms with Gasteiger partial charge in [-0.25, -0.2) is 4.79 Å². The van der Waals surface area contributed by atoms with Crippen molar-refractivity contribution in [2.24, 2.45) is 0 Å². The minimum absolute atomic E-state index is 0.165. The van der Waals surface area contributed by atoms with Gasteiger partial charge in [-0.3, -0.25) is 19.4 Å². The van der Waals surface area contributed by atoms with Crippen molar-refractivity contribution >= 4 is 17.8 Å². The maximum Gasteiger partial charge on any atom is 0.333 e. The van der Waals surface area contributed by atoms with Crippen LogP contribution in [-0.4, -0.2) is 40.7 Å². The molecule has 0 spiro atoms. The molecule has 1 aliphatic rings. The number of barbiturate groups is 1. The molecule has 1 fully saturated rings. The fourth-order valence-corrected chi connectivity index (χ4v) is 1.96. The molecule has 0 saturated carbocycles. The number of nitrogens with zero attached hydrogens (tertiary/aromatic N) is 2. The molecule has 0 radical (unpaired) electrons. The Morgan fingerprint density at radius 1 is 0.833 bits per heavy atom. The molecule has 1 saturated heterocycles. The monoisotopic (exact) mass is 254 g/mol. The normalized spacial score (nSPS) is 16.7. The molecule has 1 rings (SSSR count).